The van der Waals surface area contributed by atoms with Gasteiger partial charge in [0.15, 0.2) is 11.6 Å². The second-order valence-electron chi connectivity index (χ2n) is 9.17. The average Bonchev–Trinajstić information content (AvgIpc) is 2.86. The van der Waals surface area contributed by atoms with Crippen LogP contribution in [0.15, 0.2) is 36.7 Å². The molecule has 190 valence electrons. The summed E-state index contributed by atoms with van der Waals surface area (Å²) in [5.74, 6) is 2.11. The molecule has 1 unspecified atom stereocenters. The fraction of sp³-hybridized carbons (Fsp3) is 0.655. The van der Waals surface area contributed by atoms with Gasteiger partial charge >= 0.3 is 0 Å². The number of aromatic nitrogens is 2. The van der Waals surface area contributed by atoms with E-state index in [0.717, 1.165) is 30.6 Å². The van der Waals surface area contributed by atoms with Gasteiger partial charge in [-0.1, -0.05) is 84.5 Å². The third kappa shape index (κ3) is 12.3. The standard InChI is InChI=1S/C29H45FN2O2/c1-3-5-7-9-11-13-15-26(30)20-22-34-27-18-16-25(17-19-27)29-31-23-28(24-32-29)33-21-14-12-10-8-6-4-2/h16-19,23-24,26H,3-15,20-22H2,1-2H3. The molecule has 0 amide bonds. The molecule has 0 bridgehead atoms. The van der Waals surface area contributed by atoms with Crippen molar-refractivity contribution in [2.75, 3.05) is 13.2 Å². The molecule has 4 nitrogen and oxygen atoms in total. The summed E-state index contributed by atoms with van der Waals surface area (Å²) in [5, 5.41) is 0. The maximum Gasteiger partial charge on any atom is 0.159 e. The van der Waals surface area contributed by atoms with Gasteiger partial charge in [-0.25, -0.2) is 14.4 Å². The molecule has 5 heteroatoms. The van der Waals surface area contributed by atoms with E-state index in [9.17, 15) is 4.39 Å². The lowest BCUT2D eigenvalue weighted by molar-refractivity contribution is 0.222. The third-order valence-electron chi connectivity index (χ3n) is 6.08. The molecule has 2 aromatic rings. The van der Waals surface area contributed by atoms with Crippen molar-refractivity contribution in [3.8, 4) is 22.9 Å². The molecule has 0 aliphatic carbocycles. The smallest absolute Gasteiger partial charge is 0.159 e. The van der Waals surface area contributed by atoms with E-state index in [4.69, 9.17) is 9.47 Å². The van der Waals surface area contributed by atoms with Crippen LogP contribution in [0.4, 0.5) is 4.39 Å². The third-order valence-corrected chi connectivity index (χ3v) is 6.08. The van der Waals surface area contributed by atoms with Gasteiger partial charge in [-0.3, -0.25) is 0 Å². The maximum absolute atomic E-state index is 14.1. The first kappa shape index (κ1) is 28.1. The van der Waals surface area contributed by atoms with Gasteiger partial charge in [0.25, 0.3) is 0 Å². The Labute approximate surface area is 206 Å². The van der Waals surface area contributed by atoms with E-state index in [1.807, 2.05) is 24.3 Å². The van der Waals surface area contributed by atoms with E-state index < -0.39 is 6.17 Å². The Bertz CT molecular complexity index is 737. The van der Waals surface area contributed by atoms with Crippen molar-refractivity contribution in [1.82, 2.24) is 9.97 Å². The maximum atomic E-state index is 14.1. The lowest BCUT2D eigenvalue weighted by Gasteiger charge is -2.10. The molecule has 0 radical (unpaired) electrons. The molecule has 1 heterocycles. The van der Waals surface area contributed by atoms with E-state index in [0.29, 0.717) is 37.6 Å². The summed E-state index contributed by atoms with van der Waals surface area (Å²) in [6.45, 7) is 5.55. The largest absolute Gasteiger partial charge is 0.493 e. The molecule has 1 atom stereocenters. The summed E-state index contributed by atoms with van der Waals surface area (Å²) >= 11 is 0. The van der Waals surface area contributed by atoms with Gasteiger partial charge in [0, 0.05) is 12.0 Å². The first-order chi connectivity index (χ1) is 16.7. The van der Waals surface area contributed by atoms with Gasteiger partial charge in [0.05, 0.1) is 25.6 Å². The van der Waals surface area contributed by atoms with Crippen molar-refractivity contribution in [2.24, 2.45) is 0 Å². The lowest BCUT2D eigenvalue weighted by atomic mass is 10.1. The zero-order valence-corrected chi connectivity index (χ0v) is 21.4. The minimum Gasteiger partial charge on any atom is -0.493 e. The Morgan fingerprint density at radius 1 is 0.647 bits per heavy atom. The molecule has 2 rings (SSSR count). The summed E-state index contributed by atoms with van der Waals surface area (Å²) < 4.78 is 25.5. The van der Waals surface area contributed by atoms with Crippen LogP contribution >= 0.6 is 0 Å². The van der Waals surface area contributed by atoms with Crippen LogP contribution in [0.2, 0.25) is 0 Å². The quantitative estimate of drug-likeness (QED) is 0.181. The van der Waals surface area contributed by atoms with Crippen LogP contribution < -0.4 is 9.47 Å². The molecule has 0 saturated carbocycles. The van der Waals surface area contributed by atoms with Gasteiger partial charge in [-0.05, 0) is 37.1 Å². The number of alkyl halides is 1. The number of unbranched alkanes of at least 4 members (excludes halogenated alkanes) is 10. The van der Waals surface area contributed by atoms with Crippen LogP contribution in [0.3, 0.4) is 0 Å². The van der Waals surface area contributed by atoms with Crippen molar-refractivity contribution < 1.29 is 13.9 Å². The van der Waals surface area contributed by atoms with Crippen LogP contribution in [0.5, 0.6) is 11.5 Å². The predicted molar refractivity (Wildman–Crippen MR) is 139 cm³/mol. The minimum absolute atomic E-state index is 0.400. The molecule has 0 saturated heterocycles. The van der Waals surface area contributed by atoms with Gasteiger partial charge in [0.2, 0.25) is 0 Å². The number of ether oxygens (including phenoxy) is 2. The second-order valence-corrected chi connectivity index (χ2v) is 9.17. The van der Waals surface area contributed by atoms with Gasteiger partial charge in [0.1, 0.15) is 11.9 Å². The zero-order chi connectivity index (χ0) is 24.3. The van der Waals surface area contributed by atoms with Crippen LogP contribution in [0.25, 0.3) is 11.4 Å². The van der Waals surface area contributed by atoms with Crippen LogP contribution in [-0.4, -0.2) is 29.4 Å². The molecular weight excluding hydrogens is 427 g/mol. The van der Waals surface area contributed by atoms with Crippen molar-refractivity contribution in [1.29, 1.82) is 0 Å². The molecule has 0 spiro atoms. The average molecular weight is 473 g/mol. The molecule has 0 N–H and O–H groups in total. The highest BCUT2D eigenvalue weighted by Gasteiger charge is 2.07. The topological polar surface area (TPSA) is 44.2 Å². The number of rotatable bonds is 20. The molecule has 1 aromatic heterocycles. The van der Waals surface area contributed by atoms with Gasteiger partial charge in [-0.2, -0.15) is 0 Å². The van der Waals surface area contributed by atoms with E-state index in [1.54, 1.807) is 12.4 Å². The fourth-order valence-corrected chi connectivity index (χ4v) is 3.91. The Morgan fingerprint density at radius 2 is 1.21 bits per heavy atom. The van der Waals surface area contributed by atoms with Crippen LogP contribution in [-0.2, 0) is 0 Å². The molecule has 1 aromatic carbocycles. The highest BCUT2D eigenvalue weighted by molar-refractivity contribution is 5.56. The monoisotopic (exact) mass is 472 g/mol. The highest BCUT2D eigenvalue weighted by Crippen LogP contribution is 2.21. The van der Waals surface area contributed by atoms with E-state index in [2.05, 4.69) is 23.8 Å². The number of hydrogen-bond acceptors (Lipinski definition) is 4. The van der Waals surface area contributed by atoms with Crippen molar-refractivity contribution in [3.05, 3.63) is 36.7 Å². The normalized spacial score (nSPS) is 12.0. The molecule has 0 fully saturated rings. The summed E-state index contributed by atoms with van der Waals surface area (Å²) in [6.07, 6.45) is 18.4. The van der Waals surface area contributed by atoms with E-state index >= 15 is 0 Å². The molecule has 0 aliphatic rings. The highest BCUT2D eigenvalue weighted by atomic mass is 19.1. The number of nitrogens with zero attached hydrogens (tertiary/aromatic N) is 2. The van der Waals surface area contributed by atoms with Gasteiger partial charge < -0.3 is 9.47 Å². The van der Waals surface area contributed by atoms with Crippen LogP contribution in [0, 0.1) is 0 Å². The SMILES string of the molecule is CCCCCCCCOc1cnc(-c2ccc(OCCC(F)CCCCCCCC)cc2)nc1. The second kappa shape index (κ2) is 18.2. The Balaban J connectivity index is 1.62. The number of hydrogen-bond donors (Lipinski definition) is 0. The Kier molecular flexibility index (Phi) is 15.0. The molecular formula is C29H45FN2O2. The van der Waals surface area contributed by atoms with E-state index in [1.165, 1.54) is 57.8 Å². The predicted octanol–water partition coefficient (Wildman–Crippen LogP) is 8.74. The first-order valence-corrected chi connectivity index (χ1v) is 13.5. The van der Waals surface area contributed by atoms with Crippen LogP contribution in [0.1, 0.15) is 104 Å². The number of benzene rings is 1. The summed E-state index contributed by atoms with van der Waals surface area (Å²) in [6, 6.07) is 7.65. The molecule has 0 aliphatic heterocycles. The Hall–Kier alpha value is -2.17. The van der Waals surface area contributed by atoms with Crippen molar-refractivity contribution >= 4 is 0 Å². The number of halogens is 1. The first-order valence-electron chi connectivity index (χ1n) is 13.5. The summed E-state index contributed by atoms with van der Waals surface area (Å²) in [5.41, 5.74) is 0.918. The summed E-state index contributed by atoms with van der Waals surface area (Å²) in [4.78, 5) is 8.86. The zero-order valence-electron chi connectivity index (χ0n) is 21.4. The minimum atomic E-state index is -0.777. The molecule has 34 heavy (non-hydrogen) atoms. The Morgan fingerprint density at radius 3 is 1.85 bits per heavy atom. The lowest BCUT2D eigenvalue weighted by Crippen LogP contribution is -2.07. The van der Waals surface area contributed by atoms with Crippen molar-refractivity contribution in [2.45, 2.75) is 110 Å². The summed E-state index contributed by atoms with van der Waals surface area (Å²) in [7, 11) is 0. The van der Waals surface area contributed by atoms with Crippen molar-refractivity contribution in [3.63, 3.8) is 0 Å². The van der Waals surface area contributed by atoms with E-state index in [-0.39, 0.29) is 0 Å². The van der Waals surface area contributed by atoms with Gasteiger partial charge in [-0.15, -0.1) is 0 Å². The fourth-order valence-electron chi connectivity index (χ4n) is 3.91.